The first-order valence-electron chi connectivity index (χ1n) is 11.0. The molecule has 1 aliphatic heterocycles. The van der Waals surface area contributed by atoms with Gasteiger partial charge in [-0.05, 0) is 67.6 Å². The number of piperidine rings is 1. The van der Waals surface area contributed by atoms with Crippen LogP contribution in [0.3, 0.4) is 0 Å². The minimum absolute atomic E-state index is 0.00567. The Hall–Kier alpha value is -2.96. The van der Waals surface area contributed by atoms with E-state index in [0.717, 1.165) is 44.5 Å². The number of nitrogens with two attached hydrogens (primary N) is 1. The number of benzene rings is 2. The van der Waals surface area contributed by atoms with Gasteiger partial charge in [0.1, 0.15) is 11.9 Å². The van der Waals surface area contributed by atoms with E-state index in [2.05, 4.69) is 29.2 Å². The highest BCUT2D eigenvalue weighted by Crippen LogP contribution is 2.38. The number of hydrogen-bond donors (Lipinski definition) is 3. The van der Waals surface area contributed by atoms with Gasteiger partial charge < -0.3 is 20.7 Å². The molecule has 0 amide bonds. The van der Waals surface area contributed by atoms with E-state index in [-0.39, 0.29) is 23.9 Å². The topological polar surface area (TPSA) is 83.9 Å². The van der Waals surface area contributed by atoms with E-state index >= 15 is 0 Å². The lowest BCUT2D eigenvalue weighted by Crippen LogP contribution is -2.51. The van der Waals surface area contributed by atoms with Gasteiger partial charge >= 0.3 is 0 Å². The molecule has 5 rings (SSSR count). The van der Waals surface area contributed by atoms with Crippen molar-refractivity contribution in [1.82, 2.24) is 9.47 Å². The minimum atomic E-state index is -0.0607. The zero-order valence-electron chi connectivity index (χ0n) is 17.5. The van der Waals surface area contributed by atoms with Crippen LogP contribution < -0.4 is 10.5 Å². The van der Waals surface area contributed by atoms with Gasteiger partial charge in [-0.15, -0.1) is 0 Å². The summed E-state index contributed by atoms with van der Waals surface area (Å²) in [5.74, 6) is 0.755. The molecule has 2 heterocycles. The van der Waals surface area contributed by atoms with Crippen LogP contribution in [0.1, 0.15) is 36.5 Å². The predicted molar refractivity (Wildman–Crippen MR) is 120 cm³/mol. The standard InChI is InChI=1S/C25H29N3O3/c26-18-5-3-15-27(16-18)22-12-7-17-4-1-2-6-21(17)25(22)31-20-10-8-19(9-11-20)28-23(29)13-14-24(28)30/h1-2,4,6,8-11,13-14,18,22,25,29-30H,3,5,7,12,15-16,26H2/t18-,22-,25-/m0/s1. The summed E-state index contributed by atoms with van der Waals surface area (Å²) in [6, 6.07) is 19.5. The third kappa shape index (κ3) is 3.89. The molecule has 0 bridgehead atoms. The molecule has 4 N–H and O–H groups in total. The molecule has 1 saturated heterocycles. The van der Waals surface area contributed by atoms with E-state index in [9.17, 15) is 10.2 Å². The highest BCUT2D eigenvalue weighted by molar-refractivity contribution is 5.45. The molecule has 0 unspecified atom stereocenters. The fraction of sp³-hybridized carbons (Fsp3) is 0.360. The van der Waals surface area contributed by atoms with Crippen LogP contribution in [0.15, 0.2) is 60.7 Å². The van der Waals surface area contributed by atoms with Crippen LogP contribution in [0.4, 0.5) is 0 Å². The second-order valence-corrected chi connectivity index (χ2v) is 8.62. The Morgan fingerprint density at radius 3 is 2.39 bits per heavy atom. The van der Waals surface area contributed by atoms with Crippen molar-refractivity contribution in [2.24, 2.45) is 5.73 Å². The molecule has 3 atom stereocenters. The van der Waals surface area contributed by atoms with E-state index in [0.29, 0.717) is 11.7 Å². The molecule has 6 heteroatoms. The average Bonchev–Trinajstić information content (AvgIpc) is 3.12. The van der Waals surface area contributed by atoms with Crippen LogP contribution in [0.25, 0.3) is 5.69 Å². The SMILES string of the molecule is N[C@H]1CCCN([C@H]2CCc3ccccc3[C@@H]2Oc2ccc(-n3c(O)ccc3O)cc2)C1. The van der Waals surface area contributed by atoms with Crippen molar-refractivity contribution >= 4 is 0 Å². The number of likely N-dealkylation sites (tertiary alicyclic amines) is 1. The Labute approximate surface area is 182 Å². The second kappa shape index (κ2) is 8.29. The van der Waals surface area contributed by atoms with Crippen LogP contribution in [0.2, 0.25) is 0 Å². The van der Waals surface area contributed by atoms with Gasteiger partial charge in [-0.25, -0.2) is 0 Å². The van der Waals surface area contributed by atoms with Gasteiger partial charge in [0.05, 0.1) is 11.7 Å². The van der Waals surface area contributed by atoms with Crippen molar-refractivity contribution in [3.05, 3.63) is 71.8 Å². The lowest BCUT2D eigenvalue weighted by atomic mass is 9.84. The van der Waals surface area contributed by atoms with E-state index in [1.54, 1.807) is 0 Å². The molecule has 162 valence electrons. The number of aromatic hydroxyl groups is 2. The summed E-state index contributed by atoms with van der Waals surface area (Å²) in [5, 5.41) is 20.0. The number of nitrogens with zero attached hydrogens (tertiary/aromatic N) is 2. The highest BCUT2D eigenvalue weighted by Gasteiger charge is 2.36. The van der Waals surface area contributed by atoms with Gasteiger partial charge in [0.15, 0.2) is 11.8 Å². The zero-order chi connectivity index (χ0) is 21.4. The quantitative estimate of drug-likeness (QED) is 0.600. The van der Waals surface area contributed by atoms with Crippen LogP contribution in [-0.2, 0) is 6.42 Å². The lowest BCUT2D eigenvalue weighted by molar-refractivity contribution is 0.0367. The maximum Gasteiger partial charge on any atom is 0.198 e. The molecule has 2 aliphatic rings. The van der Waals surface area contributed by atoms with Gasteiger partial charge in [0.2, 0.25) is 0 Å². The maximum absolute atomic E-state index is 9.98. The third-order valence-corrected chi connectivity index (χ3v) is 6.58. The second-order valence-electron chi connectivity index (χ2n) is 8.62. The Bertz CT molecular complexity index is 1030. The first-order chi connectivity index (χ1) is 15.1. The molecule has 31 heavy (non-hydrogen) atoms. The Morgan fingerprint density at radius 2 is 1.65 bits per heavy atom. The molecule has 0 saturated carbocycles. The monoisotopic (exact) mass is 419 g/mol. The molecule has 0 radical (unpaired) electrons. The van der Waals surface area contributed by atoms with Crippen LogP contribution in [-0.4, -0.2) is 44.9 Å². The van der Waals surface area contributed by atoms with Crippen molar-refractivity contribution in [3.63, 3.8) is 0 Å². The summed E-state index contributed by atoms with van der Waals surface area (Å²) in [4.78, 5) is 2.51. The summed E-state index contributed by atoms with van der Waals surface area (Å²) in [6.45, 7) is 1.98. The van der Waals surface area contributed by atoms with E-state index in [4.69, 9.17) is 10.5 Å². The molecular formula is C25H29N3O3. The Balaban J connectivity index is 1.43. The molecular weight excluding hydrogens is 390 g/mol. The molecule has 6 nitrogen and oxygen atoms in total. The lowest BCUT2D eigenvalue weighted by Gasteiger charge is -2.43. The number of ether oxygens (including phenoxy) is 1. The number of rotatable bonds is 4. The van der Waals surface area contributed by atoms with Gasteiger partial charge in [-0.1, -0.05) is 24.3 Å². The fourth-order valence-electron chi connectivity index (χ4n) is 5.06. The first kappa shape index (κ1) is 20.0. The number of aromatic nitrogens is 1. The summed E-state index contributed by atoms with van der Waals surface area (Å²) in [6.07, 6.45) is 4.26. The normalized spacial score (nSPS) is 24.0. The summed E-state index contributed by atoms with van der Waals surface area (Å²) < 4.78 is 7.99. The van der Waals surface area contributed by atoms with Crippen molar-refractivity contribution < 1.29 is 14.9 Å². The van der Waals surface area contributed by atoms with Crippen molar-refractivity contribution in [2.75, 3.05) is 13.1 Å². The fourth-order valence-corrected chi connectivity index (χ4v) is 5.06. The summed E-state index contributed by atoms with van der Waals surface area (Å²) >= 11 is 0. The first-order valence-corrected chi connectivity index (χ1v) is 11.0. The van der Waals surface area contributed by atoms with Crippen LogP contribution in [0, 0.1) is 0 Å². The zero-order valence-corrected chi connectivity index (χ0v) is 17.5. The van der Waals surface area contributed by atoms with Gasteiger partial charge in [-0.3, -0.25) is 9.47 Å². The number of fused-ring (bicyclic) bond motifs is 1. The predicted octanol–water partition coefficient (Wildman–Crippen LogP) is 3.75. The summed E-state index contributed by atoms with van der Waals surface area (Å²) in [7, 11) is 0. The largest absolute Gasteiger partial charge is 0.494 e. The average molecular weight is 420 g/mol. The smallest absolute Gasteiger partial charge is 0.198 e. The van der Waals surface area contributed by atoms with E-state index in [1.165, 1.54) is 27.8 Å². The van der Waals surface area contributed by atoms with Crippen LogP contribution >= 0.6 is 0 Å². The molecule has 3 aromatic rings. The molecule has 1 fully saturated rings. The molecule has 1 aliphatic carbocycles. The van der Waals surface area contributed by atoms with Gasteiger partial charge in [0, 0.05) is 24.7 Å². The van der Waals surface area contributed by atoms with Crippen molar-refractivity contribution in [1.29, 1.82) is 0 Å². The minimum Gasteiger partial charge on any atom is -0.494 e. The van der Waals surface area contributed by atoms with Crippen LogP contribution in [0.5, 0.6) is 17.5 Å². The van der Waals surface area contributed by atoms with Crippen molar-refractivity contribution in [3.8, 4) is 23.2 Å². The number of hydrogen-bond acceptors (Lipinski definition) is 5. The van der Waals surface area contributed by atoms with E-state index in [1.807, 2.05) is 24.3 Å². The molecule has 1 aromatic heterocycles. The Morgan fingerprint density at radius 1 is 0.903 bits per heavy atom. The molecule has 2 aromatic carbocycles. The van der Waals surface area contributed by atoms with Gasteiger partial charge in [-0.2, -0.15) is 0 Å². The third-order valence-electron chi connectivity index (χ3n) is 6.58. The van der Waals surface area contributed by atoms with Gasteiger partial charge in [0.25, 0.3) is 0 Å². The van der Waals surface area contributed by atoms with E-state index < -0.39 is 0 Å². The van der Waals surface area contributed by atoms with Crippen molar-refractivity contribution in [2.45, 2.75) is 43.9 Å². The maximum atomic E-state index is 9.98. The summed E-state index contributed by atoms with van der Waals surface area (Å²) in [5.41, 5.74) is 9.57. The Kier molecular flexibility index (Phi) is 5.34. The number of aryl methyl sites for hydroxylation is 1. The highest BCUT2D eigenvalue weighted by atomic mass is 16.5. The molecule has 0 spiro atoms.